The Bertz CT molecular complexity index is 366. The van der Waals surface area contributed by atoms with Crippen molar-refractivity contribution in [3.63, 3.8) is 0 Å². The second kappa shape index (κ2) is 4.84. The maximum Gasteiger partial charge on any atom is 0.140 e. The van der Waals surface area contributed by atoms with Crippen LogP contribution in [0.3, 0.4) is 0 Å². The van der Waals surface area contributed by atoms with Crippen molar-refractivity contribution in [3.05, 3.63) is 27.8 Å². The zero-order chi connectivity index (χ0) is 11.6. The van der Waals surface area contributed by atoms with Crippen molar-refractivity contribution < 1.29 is 4.74 Å². The SMILES string of the molecule is COc1c(C)cc(C(N)CN)c(C)c1Cl. The summed E-state index contributed by atoms with van der Waals surface area (Å²) in [5.41, 5.74) is 14.4. The molecule has 0 saturated carbocycles. The van der Waals surface area contributed by atoms with Crippen LogP contribution >= 0.6 is 11.6 Å². The lowest BCUT2D eigenvalue weighted by Gasteiger charge is -2.17. The van der Waals surface area contributed by atoms with Gasteiger partial charge < -0.3 is 16.2 Å². The average molecular weight is 229 g/mol. The van der Waals surface area contributed by atoms with E-state index >= 15 is 0 Å². The molecule has 1 aromatic carbocycles. The van der Waals surface area contributed by atoms with E-state index in [2.05, 4.69) is 0 Å². The van der Waals surface area contributed by atoms with E-state index in [1.807, 2.05) is 19.9 Å². The molecule has 4 N–H and O–H groups in total. The van der Waals surface area contributed by atoms with Gasteiger partial charge in [-0.2, -0.15) is 0 Å². The third-order valence-corrected chi connectivity index (χ3v) is 3.00. The van der Waals surface area contributed by atoms with Crippen LogP contribution in [0.4, 0.5) is 0 Å². The summed E-state index contributed by atoms with van der Waals surface area (Å²) >= 11 is 6.18. The summed E-state index contributed by atoms with van der Waals surface area (Å²) in [5, 5.41) is 0.622. The van der Waals surface area contributed by atoms with Crippen LogP contribution in [0.2, 0.25) is 5.02 Å². The number of aryl methyl sites for hydroxylation is 1. The van der Waals surface area contributed by atoms with E-state index in [0.29, 0.717) is 17.3 Å². The summed E-state index contributed by atoms with van der Waals surface area (Å²) in [6.07, 6.45) is 0. The molecule has 84 valence electrons. The monoisotopic (exact) mass is 228 g/mol. The zero-order valence-corrected chi connectivity index (χ0v) is 10.1. The van der Waals surface area contributed by atoms with Crippen molar-refractivity contribution in [1.82, 2.24) is 0 Å². The third kappa shape index (κ3) is 2.25. The average Bonchev–Trinajstić information content (AvgIpc) is 2.23. The summed E-state index contributed by atoms with van der Waals surface area (Å²) in [4.78, 5) is 0. The largest absolute Gasteiger partial charge is 0.495 e. The number of methoxy groups -OCH3 is 1. The molecule has 0 amide bonds. The van der Waals surface area contributed by atoms with Crippen LogP contribution in [0.1, 0.15) is 22.7 Å². The summed E-state index contributed by atoms with van der Waals surface area (Å²) < 4.78 is 5.22. The lowest BCUT2D eigenvalue weighted by Crippen LogP contribution is -2.22. The molecular formula is C11H17ClN2O. The van der Waals surface area contributed by atoms with E-state index in [4.69, 9.17) is 27.8 Å². The first kappa shape index (κ1) is 12.3. The topological polar surface area (TPSA) is 61.3 Å². The van der Waals surface area contributed by atoms with Gasteiger partial charge in [-0.1, -0.05) is 17.7 Å². The van der Waals surface area contributed by atoms with Crippen LogP contribution in [0, 0.1) is 13.8 Å². The zero-order valence-electron chi connectivity index (χ0n) is 9.30. The van der Waals surface area contributed by atoms with Crippen LogP contribution in [-0.2, 0) is 0 Å². The Morgan fingerprint density at radius 2 is 2.07 bits per heavy atom. The number of hydrogen-bond acceptors (Lipinski definition) is 3. The minimum Gasteiger partial charge on any atom is -0.495 e. The highest BCUT2D eigenvalue weighted by Gasteiger charge is 2.15. The predicted octanol–water partition coefficient (Wildman–Crippen LogP) is 1.92. The van der Waals surface area contributed by atoms with Gasteiger partial charge in [-0.05, 0) is 30.5 Å². The Balaban J connectivity index is 3.33. The van der Waals surface area contributed by atoms with Crippen LogP contribution in [0.15, 0.2) is 6.07 Å². The highest BCUT2D eigenvalue weighted by Crippen LogP contribution is 2.35. The van der Waals surface area contributed by atoms with E-state index in [0.717, 1.165) is 16.7 Å². The van der Waals surface area contributed by atoms with Gasteiger partial charge in [0.05, 0.1) is 12.1 Å². The molecule has 1 unspecified atom stereocenters. The fourth-order valence-electron chi connectivity index (χ4n) is 1.64. The molecule has 0 aliphatic rings. The maximum absolute atomic E-state index is 6.18. The first-order chi connectivity index (χ1) is 7.02. The molecule has 1 rings (SSSR count). The number of ether oxygens (including phenoxy) is 1. The van der Waals surface area contributed by atoms with E-state index in [1.54, 1.807) is 7.11 Å². The smallest absolute Gasteiger partial charge is 0.140 e. The molecule has 0 fully saturated rings. The summed E-state index contributed by atoms with van der Waals surface area (Å²) in [7, 11) is 1.61. The number of rotatable bonds is 3. The number of hydrogen-bond donors (Lipinski definition) is 2. The molecule has 0 bridgehead atoms. The third-order valence-electron chi connectivity index (χ3n) is 2.55. The van der Waals surface area contributed by atoms with Crippen molar-refractivity contribution in [3.8, 4) is 5.75 Å². The quantitative estimate of drug-likeness (QED) is 0.831. The van der Waals surface area contributed by atoms with Crippen molar-refractivity contribution in [2.75, 3.05) is 13.7 Å². The Hall–Kier alpha value is -0.770. The van der Waals surface area contributed by atoms with E-state index < -0.39 is 0 Å². The van der Waals surface area contributed by atoms with Crippen LogP contribution in [0.25, 0.3) is 0 Å². The highest BCUT2D eigenvalue weighted by atomic mass is 35.5. The Labute approximate surface area is 95.4 Å². The highest BCUT2D eigenvalue weighted by molar-refractivity contribution is 6.33. The molecule has 1 atom stereocenters. The first-order valence-electron chi connectivity index (χ1n) is 4.82. The maximum atomic E-state index is 6.18. The molecule has 4 heteroatoms. The van der Waals surface area contributed by atoms with Crippen LogP contribution in [0.5, 0.6) is 5.75 Å². The number of benzene rings is 1. The normalized spacial score (nSPS) is 12.7. The molecule has 0 saturated heterocycles. The molecular weight excluding hydrogens is 212 g/mol. The van der Waals surface area contributed by atoms with Gasteiger partial charge in [0.2, 0.25) is 0 Å². The lowest BCUT2D eigenvalue weighted by molar-refractivity contribution is 0.411. The van der Waals surface area contributed by atoms with Gasteiger partial charge in [-0.3, -0.25) is 0 Å². The Kier molecular flexibility index (Phi) is 3.97. The molecule has 0 spiro atoms. The van der Waals surface area contributed by atoms with Gasteiger partial charge in [0.25, 0.3) is 0 Å². The second-order valence-electron chi connectivity index (χ2n) is 3.60. The number of halogens is 1. The fraction of sp³-hybridized carbons (Fsp3) is 0.455. The minimum atomic E-state index is -0.174. The van der Waals surface area contributed by atoms with Gasteiger partial charge >= 0.3 is 0 Å². The minimum absolute atomic E-state index is 0.174. The summed E-state index contributed by atoms with van der Waals surface area (Å²) in [6, 6.07) is 1.81. The first-order valence-corrected chi connectivity index (χ1v) is 5.20. The number of nitrogens with two attached hydrogens (primary N) is 2. The molecule has 0 heterocycles. The van der Waals surface area contributed by atoms with Gasteiger partial charge in [0, 0.05) is 12.6 Å². The summed E-state index contributed by atoms with van der Waals surface area (Å²) in [5.74, 6) is 0.710. The van der Waals surface area contributed by atoms with Crippen LogP contribution in [-0.4, -0.2) is 13.7 Å². The molecule has 0 aliphatic heterocycles. The fourth-order valence-corrected chi connectivity index (χ4v) is 1.98. The van der Waals surface area contributed by atoms with E-state index in [-0.39, 0.29) is 6.04 Å². The molecule has 3 nitrogen and oxygen atoms in total. The van der Waals surface area contributed by atoms with Gasteiger partial charge in [0.15, 0.2) is 0 Å². The molecule has 1 aromatic rings. The predicted molar refractivity (Wildman–Crippen MR) is 63.5 cm³/mol. The Morgan fingerprint density at radius 1 is 1.47 bits per heavy atom. The standard InChI is InChI=1S/C11H17ClN2O/c1-6-4-8(9(14)5-13)7(2)10(12)11(6)15-3/h4,9H,5,13-14H2,1-3H3. The second-order valence-corrected chi connectivity index (χ2v) is 3.98. The van der Waals surface area contributed by atoms with Crippen molar-refractivity contribution in [2.45, 2.75) is 19.9 Å². The van der Waals surface area contributed by atoms with Crippen molar-refractivity contribution in [1.29, 1.82) is 0 Å². The van der Waals surface area contributed by atoms with Crippen molar-refractivity contribution in [2.24, 2.45) is 11.5 Å². The van der Waals surface area contributed by atoms with Gasteiger partial charge in [-0.25, -0.2) is 0 Å². The summed E-state index contributed by atoms with van der Waals surface area (Å²) in [6.45, 7) is 4.27. The van der Waals surface area contributed by atoms with Crippen molar-refractivity contribution >= 4 is 11.6 Å². The molecule has 0 aromatic heterocycles. The van der Waals surface area contributed by atoms with E-state index in [9.17, 15) is 0 Å². The van der Waals surface area contributed by atoms with Gasteiger partial charge in [-0.15, -0.1) is 0 Å². The molecule has 0 radical (unpaired) electrons. The van der Waals surface area contributed by atoms with E-state index in [1.165, 1.54) is 0 Å². The molecule has 15 heavy (non-hydrogen) atoms. The lowest BCUT2D eigenvalue weighted by atomic mass is 9.98. The van der Waals surface area contributed by atoms with Crippen LogP contribution < -0.4 is 16.2 Å². The van der Waals surface area contributed by atoms with Gasteiger partial charge in [0.1, 0.15) is 5.75 Å². The Morgan fingerprint density at radius 3 is 2.53 bits per heavy atom. The molecule has 0 aliphatic carbocycles.